The molecule has 36 heavy (non-hydrogen) atoms. The van der Waals surface area contributed by atoms with Crippen LogP contribution in [0.25, 0.3) is 16.8 Å². The van der Waals surface area contributed by atoms with Crippen LogP contribution in [-0.2, 0) is 0 Å². The molecule has 6 heteroatoms. The first-order valence-electron chi connectivity index (χ1n) is 12.3. The first kappa shape index (κ1) is 27.0. The van der Waals surface area contributed by atoms with Crippen LogP contribution in [0.15, 0.2) is 67.8 Å². The highest BCUT2D eigenvalue weighted by molar-refractivity contribution is 5.88. The van der Waals surface area contributed by atoms with E-state index in [-0.39, 0.29) is 5.82 Å². The predicted octanol–water partition coefficient (Wildman–Crippen LogP) is 6.27. The predicted molar refractivity (Wildman–Crippen MR) is 152 cm³/mol. The summed E-state index contributed by atoms with van der Waals surface area (Å²) < 4.78 is 15.2. The Morgan fingerprint density at radius 2 is 1.78 bits per heavy atom. The average molecular weight is 488 g/mol. The molecular weight excluding hydrogens is 449 g/mol. The first-order chi connectivity index (χ1) is 17.2. The lowest BCUT2D eigenvalue weighted by Gasteiger charge is -2.35. The maximum absolute atomic E-state index is 15.2. The van der Waals surface area contributed by atoms with Crippen molar-refractivity contribution in [2.24, 2.45) is 0 Å². The lowest BCUT2D eigenvalue weighted by Crippen LogP contribution is -2.43. The maximum atomic E-state index is 15.2. The molecule has 3 rings (SSSR count). The van der Waals surface area contributed by atoms with E-state index in [0.717, 1.165) is 60.0 Å². The zero-order valence-electron chi connectivity index (χ0n) is 22.2. The number of nitrogens with one attached hydrogen (secondary N) is 2. The number of benzene rings is 1. The Balaban J connectivity index is 2.06. The summed E-state index contributed by atoms with van der Waals surface area (Å²) in [5, 5.41) is 3.12. The first-order valence-corrected chi connectivity index (χ1v) is 12.3. The topological polar surface area (TPSA) is 47.2 Å². The number of rotatable bonds is 9. The second kappa shape index (κ2) is 11.9. The fourth-order valence-electron chi connectivity index (χ4n) is 4.57. The molecule has 0 atom stereocenters. The highest BCUT2D eigenvalue weighted by Crippen LogP contribution is 2.35. The Hall–Kier alpha value is -3.64. The van der Waals surface area contributed by atoms with Gasteiger partial charge in [-0.25, -0.2) is 9.37 Å². The number of aryl methyl sites for hydroxylation is 1. The number of allylic oxidation sites excluding steroid dienone is 7. The van der Waals surface area contributed by atoms with Gasteiger partial charge in [0.15, 0.2) is 0 Å². The molecule has 0 spiro atoms. The molecular formula is C30H38FN5. The van der Waals surface area contributed by atoms with E-state index >= 15 is 4.39 Å². The number of aromatic nitrogens is 2. The summed E-state index contributed by atoms with van der Waals surface area (Å²) in [6.07, 6.45) is 9.32. The number of imidazole rings is 1. The van der Waals surface area contributed by atoms with E-state index in [1.165, 1.54) is 6.07 Å². The number of hydrogen-bond donors (Lipinski definition) is 2. The summed E-state index contributed by atoms with van der Waals surface area (Å²) in [6.45, 7) is 21.8. The Labute approximate surface area is 215 Å². The minimum absolute atomic E-state index is 0.302. The molecule has 1 fully saturated rings. The smallest absolute Gasteiger partial charge is 0.138 e. The largest absolute Gasteiger partial charge is 0.388 e. The van der Waals surface area contributed by atoms with Crippen molar-refractivity contribution in [1.82, 2.24) is 19.8 Å². The molecule has 0 amide bonds. The van der Waals surface area contributed by atoms with Crippen molar-refractivity contribution in [3.05, 3.63) is 102 Å². The SMILES string of the molecule is C=C/C=C(C)\C(=C/C)c1cc(C(=C)c2nc(/C(=C\C=C)N3CCN(C)CC3)c(C)[nH]2)c(NC)cc1F. The Kier molecular flexibility index (Phi) is 8.88. The Bertz CT molecular complexity index is 1240. The van der Waals surface area contributed by atoms with E-state index in [9.17, 15) is 0 Å². The van der Waals surface area contributed by atoms with E-state index in [1.807, 2.05) is 45.1 Å². The summed E-state index contributed by atoms with van der Waals surface area (Å²) in [7, 11) is 3.92. The maximum Gasteiger partial charge on any atom is 0.138 e. The second-order valence-electron chi connectivity index (χ2n) is 9.03. The van der Waals surface area contributed by atoms with Gasteiger partial charge in [0.1, 0.15) is 17.3 Å². The van der Waals surface area contributed by atoms with Gasteiger partial charge >= 0.3 is 0 Å². The third kappa shape index (κ3) is 5.60. The normalized spacial score (nSPS) is 15.7. The molecule has 0 aliphatic carbocycles. The number of nitrogens with zero attached hydrogens (tertiary/aromatic N) is 3. The second-order valence-corrected chi connectivity index (χ2v) is 9.03. The van der Waals surface area contributed by atoms with Crippen LogP contribution in [-0.4, -0.2) is 60.0 Å². The minimum Gasteiger partial charge on any atom is -0.388 e. The van der Waals surface area contributed by atoms with Crippen LogP contribution >= 0.6 is 0 Å². The molecule has 0 radical (unpaired) electrons. The zero-order chi connectivity index (χ0) is 26.4. The third-order valence-corrected chi connectivity index (χ3v) is 6.61. The Morgan fingerprint density at radius 1 is 1.11 bits per heavy atom. The highest BCUT2D eigenvalue weighted by atomic mass is 19.1. The van der Waals surface area contributed by atoms with Gasteiger partial charge < -0.3 is 20.1 Å². The van der Waals surface area contributed by atoms with Crippen LogP contribution in [0.5, 0.6) is 0 Å². The van der Waals surface area contributed by atoms with Crippen LogP contribution in [0.4, 0.5) is 10.1 Å². The quantitative estimate of drug-likeness (QED) is 0.409. The van der Waals surface area contributed by atoms with E-state index < -0.39 is 0 Å². The van der Waals surface area contributed by atoms with Gasteiger partial charge in [0.25, 0.3) is 0 Å². The number of halogens is 1. The standard InChI is InChI=1S/C30H38FN5/c1-9-12-20(4)23(11-3)25-18-24(27(32-7)19-26(25)31)21(5)30-33-22(6)29(34-30)28(13-10-2)36-16-14-35(8)15-17-36/h9-13,18-19,32H,1-2,5,14-17H2,3-4,6-8H3,(H,33,34)/b20-12-,23-11+,28-13+. The van der Waals surface area contributed by atoms with Gasteiger partial charge in [-0.15, -0.1) is 0 Å². The van der Waals surface area contributed by atoms with Gasteiger partial charge in [0, 0.05) is 61.3 Å². The van der Waals surface area contributed by atoms with Crippen LogP contribution in [0.1, 0.15) is 42.2 Å². The van der Waals surface area contributed by atoms with E-state index in [1.54, 1.807) is 19.2 Å². The van der Waals surface area contributed by atoms with Crippen molar-refractivity contribution in [2.75, 3.05) is 45.6 Å². The molecule has 1 aliphatic heterocycles. The Morgan fingerprint density at radius 3 is 2.36 bits per heavy atom. The molecule has 0 saturated carbocycles. The van der Waals surface area contributed by atoms with Gasteiger partial charge in [0.05, 0.1) is 5.70 Å². The molecule has 1 aromatic carbocycles. The molecule has 2 heterocycles. The molecule has 2 aromatic rings. The number of piperazine rings is 1. The van der Waals surface area contributed by atoms with Gasteiger partial charge in [-0.05, 0) is 57.2 Å². The van der Waals surface area contributed by atoms with Crippen molar-refractivity contribution in [1.29, 1.82) is 0 Å². The number of H-pyrrole nitrogens is 1. The van der Waals surface area contributed by atoms with Gasteiger partial charge in [-0.2, -0.15) is 0 Å². The van der Waals surface area contributed by atoms with Crippen molar-refractivity contribution in [2.45, 2.75) is 20.8 Å². The third-order valence-electron chi connectivity index (χ3n) is 6.61. The van der Waals surface area contributed by atoms with Gasteiger partial charge in [0.2, 0.25) is 0 Å². The number of aromatic amines is 1. The molecule has 1 aromatic heterocycles. The van der Waals surface area contributed by atoms with E-state index in [0.29, 0.717) is 22.6 Å². The molecule has 0 bridgehead atoms. The number of likely N-dealkylation sites (N-methyl/N-ethyl adjacent to an activating group) is 1. The highest BCUT2D eigenvalue weighted by Gasteiger charge is 2.23. The van der Waals surface area contributed by atoms with Crippen molar-refractivity contribution < 1.29 is 4.39 Å². The molecule has 5 nitrogen and oxygen atoms in total. The molecule has 2 N–H and O–H groups in total. The zero-order valence-corrected chi connectivity index (χ0v) is 22.2. The van der Waals surface area contributed by atoms with Crippen molar-refractivity contribution >= 4 is 22.5 Å². The molecule has 0 unspecified atom stereocenters. The monoisotopic (exact) mass is 487 g/mol. The summed E-state index contributed by atoms with van der Waals surface area (Å²) >= 11 is 0. The fourth-order valence-corrected chi connectivity index (χ4v) is 4.57. The van der Waals surface area contributed by atoms with Crippen molar-refractivity contribution in [3.8, 4) is 0 Å². The minimum atomic E-state index is -0.302. The van der Waals surface area contributed by atoms with E-state index in [2.05, 4.69) is 46.9 Å². The average Bonchev–Trinajstić information content (AvgIpc) is 3.25. The number of anilines is 1. The molecule has 1 saturated heterocycles. The molecule has 190 valence electrons. The number of hydrogen-bond acceptors (Lipinski definition) is 4. The van der Waals surface area contributed by atoms with E-state index in [4.69, 9.17) is 4.98 Å². The summed E-state index contributed by atoms with van der Waals surface area (Å²) in [6, 6.07) is 3.36. The van der Waals surface area contributed by atoms with Crippen LogP contribution in [0.2, 0.25) is 0 Å². The van der Waals surface area contributed by atoms with Gasteiger partial charge in [-0.1, -0.05) is 44.0 Å². The lowest BCUT2D eigenvalue weighted by molar-refractivity contribution is 0.207. The summed E-state index contributed by atoms with van der Waals surface area (Å²) in [5.41, 5.74) is 7.25. The summed E-state index contributed by atoms with van der Waals surface area (Å²) in [5.74, 6) is 0.351. The lowest BCUT2D eigenvalue weighted by atomic mass is 9.93. The van der Waals surface area contributed by atoms with Gasteiger partial charge in [-0.3, -0.25) is 0 Å². The van der Waals surface area contributed by atoms with Crippen molar-refractivity contribution in [3.63, 3.8) is 0 Å². The van der Waals surface area contributed by atoms with Crippen LogP contribution < -0.4 is 5.32 Å². The molecule has 1 aliphatic rings. The van der Waals surface area contributed by atoms with Crippen LogP contribution in [0, 0.1) is 12.7 Å². The van der Waals surface area contributed by atoms with Crippen LogP contribution in [0.3, 0.4) is 0 Å². The fraction of sp³-hybridized carbons (Fsp3) is 0.300. The summed E-state index contributed by atoms with van der Waals surface area (Å²) in [4.78, 5) is 13.1.